The van der Waals surface area contributed by atoms with Gasteiger partial charge in [-0.05, 0) is 119 Å². The highest BCUT2D eigenvalue weighted by molar-refractivity contribution is 7.86. The van der Waals surface area contributed by atoms with Crippen LogP contribution in [0, 0.1) is 20.8 Å². The van der Waals surface area contributed by atoms with Gasteiger partial charge in [0.15, 0.2) is 17.9 Å². The Bertz CT molecular complexity index is 2970. The van der Waals surface area contributed by atoms with Gasteiger partial charge in [0.25, 0.3) is 38.0 Å². The molecule has 4 aliphatic rings. The molecule has 1 fully saturated rings. The van der Waals surface area contributed by atoms with Crippen LogP contribution in [-0.2, 0) is 61.5 Å². The average molecular weight is 990 g/mol. The van der Waals surface area contributed by atoms with Gasteiger partial charge in [0, 0.05) is 85.3 Å². The first-order valence-electron chi connectivity index (χ1n) is 23.1. The van der Waals surface area contributed by atoms with Crippen LogP contribution in [0.1, 0.15) is 119 Å². The smallest absolute Gasteiger partial charge is 0.333 e. The number of allylic oxidation sites excluding steroid dienone is 4. The first-order chi connectivity index (χ1) is 32.2. The number of hydrogen-bond donors (Lipinski definition) is 4. The number of rotatable bonds is 16. The molecule has 19 heteroatoms. The number of carbonyl (C=O) groups is 4. The minimum Gasteiger partial charge on any atom is -0.507 e. The van der Waals surface area contributed by atoms with Crippen LogP contribution in [0.2, 0.25) is 0 Å². The maximum atomic E-state index is 13.8. The fraction of sp³-hybridized carbons (Fsp3) is 0.460. The summed E-state index contributed by atoms with van der Waals surface area (Å²) < 4.78 is 77.7. The Morgan fingerprint density at radius 2 is 1.46 bits per heavy atom. The number of hydroxylamine groups is 2. The molecule has 0 bridgehead atoms. The number of unbranched alkanes of at least 4 members (excludes halogenated alkanes) is 2. The van der Waals surface area contributed by atoms with Gasteiger partial charge in [-0.2, -0.15) is 21.4 Å². The fourth-order valence-electron chi connectivity index (χ4n) is 9.90. The molecule has 0 aromatic heterocycles. The van der Waals surface area contributed by atoms with Crippen molar-refractivity contribution < 1.29 is 64.4 Å². The van der Waals surface area contributed by atoms with E-state index < -0.39 is 54.5 Å². The van der Waals surface area contributed by atoms with Gasteiger partial charge < -0.3 is 24.9 Å². The second kappa shape index (κ2) is 18.8. The number of fused-ring (bicyclic) bond motifs is 3. The highest BCUT2D eigenvalue weighted by atomic mass is 32.2. The Morgan fingerprint density at radius 1 is 0.826 bits per heavy atom. The number of imide groups is 1. The topological polar surface area (TPSA) is 237 Å². The van der Waals surface area contributed by atoms with Crippen LogP contribution < -0.4 is 15.0 Å². The largest absolute Gasteiger partial charge is 0.507 e. The van der Waals surface area contributed by atoms with Gasteiger partial charge in [-0.1, -0.05) is 26.3 Å². The Morgan fingerprint density at radius 3 is 2.12 bits per heavy atom. The summed E-state index contributed by atoms with van der Waals surface area (Å²) in [5, 5.41) is 14.2. The van der Waals surface area contributed by atoms with Gasteiger partial charge in [-0.15, -0.1) is 5.06 Å². The Labute approximate surface area is 403 Å². The van der Waals surface area contributed by atoms with E-state index in [1.54, 1.807) is 19.1 Å². The predicted octanol–water partition coefficient (Wildman–Crippen LogP) is 6.88. The van der Waals surface area contributed by atoms with E-state index in [0.29, 0.717) is 85.7 Å². The third kappa shape index (κ3) is 9.83. The zero-order valence-corrected chi connectivity index (χ0v) is 41.9. The molecule has 3 aromatic rings. The molecule has 0 saturated carbocycles. The summed E-state index contributed by atoms with van der Waals surface area (Å²) in [6.07, 6.45) is 8.77. The number of anilines is 1. The van der Waals surface area contributed by atoms with E-state index in [2.05, 4.69) is 14.8 Å². The van der Waals surface area contributed by atoms with Crippen molar-refractivity contribution in [2.24, 2.45) is 0 Å². The van der Waals surface area contributed by atoms with Crippen molar-refractivity contribution in [3.63, 3.8) is 0 Å². The molecule has 1 saturated heterocycles. The van der Waals surface area contributed by atoms with E-state index in [9.17, 15) is 50.2 Å². The molecule has 4 N–H and O–H groups in total. The summed E-state index contributed by atoms with van der Waals surface area (Å²) in [5.74, 6) is -1.20. The van der Waals surface area contributed by atoms with Crippen molar-refractivity contribution in [3.8, 4) is 11.5 Å². The fourth-order valence-corrected chi connectivity index (χ4v) is 10.9. The van der Waals surface area contributed by atoms with Crippen molar-refractivity contribution in [3.05, 3.63) is 93.7 Å². The molecule has 0 aliphatic carbocycles. The maximum absolute atomic E-state index is 13.8. The summed E-state index contributed by atoms with van der Waals surface area (Å²) in [5.41, 5.74) is 4.86. The van der Waals surface area contributed by atoms with Crippen LogP contribution in [0.15, 0.2) is 70.1 Å². The molecule has 3 aromatic carbocycles. The number of hydrogen-bond acceptors (Lipinski definition) is 12. The highest BCUT2D eigenvalue weighted by Gasteiger charge is 2.46. The zero-order chi connectivity index (χ0) is 50.6. The number of carbonyl (C=O) groups excluding carboxylic acids is 4. The SMILES string of the molecule is Cc1c(C)c2c(c(C)c1O)CCC(C)(C(=O)NCCC[N+]1=C(/C=C/C=C3/N(CCCCCC(=O)ON4C(=O)CCC4=O)c4ccc(S(=O)(=O)O)cc4C3(C)C)C(C)(C)c3cc(S(=O)(=O)O)ccc31)O2. The van der Waals surface area contributed by atoms with E-state index >= 15 is 0 Å². The predicted molar refractivity (Wildman–Crippen MR) is 256 cm³/mol. The first kappa shape index (κ1) is 51.0. The number of phenolic OH excluding ortho intramolecular Hbond substituents is 1. The van der Waals surface area contributed by atoms with E-state index in [0.717, 1.165) is 39.5 Å². The first-order valence-corrected chi connectivity index (χ1v) is 26.0. The lowest BCUT2D eigenvalue weighted by molar-refractivity contribution is -0.437. The van der Waals surface area contributed by atoms with Gasteiger partial charge in [-0.3, -0.25) is 23.5 Å². The lowest BCUT2D eigenvalue weighted by atomic mass is 9.81. The average Bonchev–Trinajstić information content (AvgIpc) is 3.79. The van der Waals surface area contributed by atoms with Crippen molar-refractivity contribution >= 4 is 61.0 Å². The molecule has 1 atom stereocenters. The molecular weight excluding hydrogens is 929 g/mol. The summed E-state index contributed by atoms with van der Waals surface area (Å²) in [6, 6.07) is 8.95. The third-order valence-corrected chi connectivity index (χ3v) is 15.8. The summed E-state index contributed by atoms with van der Waals surface area (Å²) in [6.45, 7) is 16.3. The third-order valence-electron chi connectivity index (χ3n) is 14.1. The van der Waals surface area contributed by atoms with Crippen LogP contribution in [-0.4, -0.2) is 95.3 Å². The Balaban J connectivity index is 1.13. The van der Waals surface area contributed by atoms with E-state index in [-0.39, 0.29) is 40.7 Å². The Hall–Kier alpha value is -5.89. The molecule has 0 radical (unpaired) electrons. The molecule has 17 nitrogen and oxygen atoms in total. The van der Waals surface area contributed by atoms with Crippen LogP contribution in [0.25, 0.3) is 0 Å². The minimum atomic E-state index is -4.53. The number of ether oxygens (including phenoxy) is 1. The van der Waals surface area contributed by atoms with Gasteiger partial charge >= 0.3 is 5.97 Å². The van der Waals surface area contributed by atoms with Gasteiger partial charge in [0.05, 0.1) is 15.2 Å². The van der Waals surface area contributed by atoms with E-state index in [1.165, 1.54) is 24.3 Å². The van der Waals surface area contributed by atoms with Crippen LogP contribution in [0.5, 0.6) is 11.5 Å². The molecule has 370 valence electrons. The quantitative estimate of drug-likeness (QED) is 0.0496. The second-order valence-corrected chi connectivity index (χ2v) is 22.3. The van der Waals surface area contributed by atoms with Crippen molar-refractivity contribution in [2.75, 3.05) is 24.5 Å². The molecule has 3 amide bonds. The number of nitrogens with zero attached hydrogens (tertiary/aromatic N) is 3. The van der Waals surface area contributed by atoms with E-state index in [4.69, 9.17) is 9.57 Å². The molecule has 69 heavy (non-hydrogen) atoms. The molecule has 1 unspecified atom stereocenters. The molecule has 4 heterocycles. The van der Waals surface area contributed by atoms with Gasteiger partial charge in [0.2, 0.25) is 5.69 Å². The summed E-state index contributed by atoms with van der Waals surface area (Å²) in [4.78, 5) is 56.6. The van der Waals surface area contributed by atoms with Crippen LogP contribution in [0.3, 0.4) is 0 Å². The minimum absolute atomic E-state index is 0.000378. The number of nitrogens with one attached hydrogen (secondary N) is 1. The number of amides is 3. The van der Waals surface area contributed by atoms with Crippen LogP contribution in [0.4, 0.5) is 11.4 Å². The second-order valence-electron chi connectivity index (χ2n) is 19.5. The number of aromatic hydroxyl groups is 1. The zero-order valence-electron chi connectivity index (χ0n) is 40.3. The lowest BCUT2D eigenvalue weighted by Gasteiger charge is -2.36. The van der Waals surface area contributed by atoms with E-state index in [1.807, 2.05) is 66.7 Å². The van der Waals surface area contributed by atoms with Gasteiger partial charge in [0.1, 0.15) is 11.5 Å². The standard InChI is InChI=1S/C50H60N4O13S2/c1-30-31(2)46-35(32(3)45(30)58)23-24-50(8,66-46)47(59)51-25-13-27-53-39-20-18-34(69(63,64)65)29-37(39)49(6,7)41(53)15-12-14-40-48(4,5)36-28-33(68(60,61)62)17-19-38(36)52(40)26-11-9-10-16-44(57)67-54-42(55)21-22-43(54)56/h12,14-15,17-20,28-29H,9-11,13,16,21-27H2,1-8H3,(H3-,51,58,59,60,61,62,63,64,65)/p+1. The van der Waals surface area contributed by atoms with Gasteiger partial charge in [-0.25, -0.2) is 4.79 Å². The molecule has 4 aliphatic heterocycles. The molecule has 0 spiro atoms. The van der Waals surface area contributed by atoms with Crippen molar-refractivity contribution in [2.45, 2.75) is 139 Å². The maximum Gasteiger partial charge on any atom is 0.333 e. The number of benzene rings is 3. The monoisotopic (exact) mass is 989 g/mol. The van der Waals surface area contributed by atoms with Crippen molar-refractivity contribution in [1.29, 1.82) is 0 Å². The molecular formula is C50H61N4O13S2+. The normalized spacial score (nSPS) is 20.1. The summed E-state index contributed by atoms with van der Waals surface area (Å²) in [7, 11) is -9.05. The number of phenols is 1. The van der Waals surface area contributed by atoms with Crippen molar-refractivity contribution in [1.82, 2.24) is 10.4 Å². The Kier molecular flexibility index (Phi) is 13.9. The van der Waals surface area contributed by atoms with Crippen LogP contribution >= 0.6 is 0 Å². The lowest BCUT2D eigenvalue weighted by Crippen LogP contribution is -2.51. The molecule has 7 rings (SSSR count). The summed E-state index contributed by atoms with van der Waals surface area (Å²) >= 11 is 0. The highest BCUT2D eigenvalue weighted by Crippen LogP contribution is 2.49.